The third kappa shape index (κ3) is 2.48. The summed E-state index contributed by atoms with van der Waals surface area (Å²) in [5.74, 6) is 0.745. The number of nitrogens with one attached hydrogen (secondary N) is 1. The minimum Gasteiger partial charge on any atom is -0.315 e. The Kier molecular flexibility index (Phi) is 3.74. The van der Waals surface area contributed by atoms with Crippen molar-refractivity contribution in [3.05, 3.63) is 33.7 Å². The van der Waals surface area contributed by atoms with Crippen LogP contribution in [0.3, 0.4) is 0 Å². The van der Waals surface area contributed by atoms with Crippen LogP contribution < -0.4 is 10.9 Å². The standard InChI is InChI=1S/C16H24N2O/c1-17-14(12-5-2-3-6-12)11-18-15-8-4-7-13(15)9-10-16(18)19/h9-10,12,14,17H,2-8,11H2,1H3. The lowest BCUT2D eigenvalue weighted by molar-refractivity contribution is 0.334. The Morgan fingerprint density at radius 3 is 2.79 bits per heavy atom. The van der Waals surface area contributed by atoms with Crippen molar-refractivity contribution in [2.45, 2.75) is 57.5 Å². The Hall–Kier alpha value is -1.09. The van der Waals surface area contributed by atoms with E-state index in [-0.39, 0.29) is 5.56 Å². The number of nitrogens with zero attached hydrogens (tertiary/aromatic N) is 1. The number of fused-ring (bicyclic) bond motifs is 1. The van der Waals surface area contributed by atoms with E-state index in [0.717, 1.165) is 25.3 Å². The van der Waals surface area contributed by atoms with E-state index >= 15 is 0 Å². The van der Waals surface area contributed by atoms with Gasteiger partial charge in [0.2, 0.25) is 0 Å². The van der Waals surface area contributed by atoms with Gasteiger partial charge < -0.3 is 9.88 Å². The quantitative estimate of drug-likeness (QED) is 0.899. The van der Waals surface area contributed by atoms with Crippen LogP contribution >= 0.6 is 0 Å². The minimum absolute atomic E-state index is 0.180. The molecule has 0 saturated heterocycles. The van der Waals surface area contributed by atoms with Crippen molar-refractivity contribution in [3.63, 3.8) is 0 Å². The van der Waals surface area contributed by atoms with Crippen molar-refractivity contribution < 1.29 is 0 Å². The third-order valence-corrected chi connectivity index (χ3v) is 4.97. The largest absolute Gasteiger partial charge is 0.315 e. The maximum Gasteiger partial charge on any atom is 0.250 e. The molecule has 3 nitrogen and oxygen atoms in total. The van der Waals surface area contributed by atoms with E-state index in [9.17, 15) is 4.79 Å². The van der Waals surface area contributed by atoms with Crippen LogP contribution in [-0.4, -0.2) is 17.7 Å². The molecule has 104 valence electrons. The van der Waals surface area contributed by atoms with E-state index in [1.807, 2.05) is 17.7 Å². The molecule has 0 aliphatic heterocycles. The highest BCUT2D eigenvalue weighted by Gasteiger charge is 2.26. The van der Waals surface area contributed by atoms with E-state index in [4.69, 9.17) is 0 Å². The molecule has 0 spiro atoms. The van der Waals surface area contributed by atoms with Gasteiger partial charge in [0, 0.05) is 24.3 Å². The molecule has 1 aromatic rings. The summed E-state index contributed by atoms with van der Waals surface area (Å²) in [5.41, 5.74) is 2.87. The number of rotatable bonds is 4. The van der Waals surface area contributed by atoms with Gasteiger partial charge in [-0.25, -0.2) is 0 Å². The Morgan fingerprint density at radius 2 is 2.05 bits per heavy atom. The fourth-order valence-corrected chi connectivity index (χ4v) is 3.87. The number of aromatic nitrogens is 1. The van der Waals surface area contributed by atoms with Crippen molar-refractivity contribution in [1.29, 1.82) is 0 Å². The molecule has 19 heavy (non-hydrogen) atoms. The smallest absolute Gasteiger partial charge is 0.250 e. The first kappa shape index (κ1) is 12.9. The number of pyridine rings is 1. The summed E-state index contributed by atoms with van der Waals surface area (Å²) in [6.07, 6.45) is 8.75. The van der Waals surface area contributed by atoms with Gasteiger partial charge in [-0.15, -0.1) is 0 Å². The SMILES string of the molecule is CNC(Cn1c2c(ccc1=O)CCC2)C1CCCC1. The van der Waals surface area contributed by atoms with Crippen molar-refractivity contribution in [2.24, 2.45) is 5.92 Å². The summed E-state index contributed by atoms with van der Waals surface area (Å²) in [4.78, 5) is 12.2. The fourth-order valence-electron chi connectivity index (χ4n) is 3.87. The van der Waals surface area contributed by atoms with Crippen LogP contribution in [0.1, 0.15) is 43.4 Å². The van der Waals surface area contributed by atoms with E-state index < -0.39 is 0 Å². The molecule has 1 N–H and O–H groups in total. The van der Waals surface area contributed by atoms with E-state index in [0.29, 0.717) is 6.04 Å². The van der Waals surface area contributed by atoms with Crippen molar-refractivity contribution in [1.82, 2.24) is 9.88 Å². The molecule has 2 aliphatic carbocycles. The molecule has 0 aromatic carbocycles. The van der Waals surface area contributed by atoms with Crippen molar-refractivity contribution in [3.8, 4) is 0 Å². The normalized spacial score (nSPS) is 20.7. The average Bonchev–Trinajstić information content (AvgIpc) is 3.08. The highest BCUT2D eigenvalue weighted by Crippen LogP contribution is 2.29. The predicted octanol–water partition coefficient (Wildman–Crippen LogP) is 2.12. The summed E-state index contributed by atoms with van der Waals surface area (Å²) in [6, 6.07) is 4.24. The first-order chi connectivity index (χ1) is 9.29. The molecular formula is C16H24N2O. The minimum atomic E-state index is 0.180. The second-order valence-corrected chi connectivity index (χ2v) is 6.05. The molecule has 3 rings (SSSR count). The Labute approximate surface area is 115 Å². The van der Waals surface area contributed by atoms with Gasteiger partial charge >= 0.3 is 0 Å². The van der Waals surface area contributed by atoms with Gasteiger partial charge in [0.05, 0.1) is 0 Å². The van der Waals surface area contributed by atoms with Gasteiger partial charge in [0.15, 0.2) is 0 Å². The lowest BCUT2D eigenvalue weighted by Gasteiger charge is -2.25. The van der Waals surface area contributed by atoms with Crippen LogP contribution in [0.5, 0.6) is 0 Å². The van der Waals surface area contributed by atoms with Gasteiger partial charge in [0.1, 0.15) is 0 Å². The molecule has 1 saturated carbocycles. The van der Waals surface area contributed by atoms with E-state index in [2.05, 4.69) is 5.32 Å². The highest BCUT2D eigenvalue weighted by molar-refractivity contribution is 5.25. The zero-order valence-corrected chi connectivity index (χ0v) is 11.8. The van der Waals surface area contributed by atoms with Crippen molar-refractivity contribution >= 4 is 0 Å². The van der Waals surface area contributed by atoms with Gasteiger partial charge in [-0.3, -0.25) is 4.79 Å². The van der Waals surface area contributed by atoms with Crippen LogP contribution in [0, 0.1) is 5.92 Å². The molecule has 1 aromatic heterocycles. The Bertz CT molecular complexity index is 500. The maximum atomic E-state index is 12.2. The van der Waals surface area contributed by atoms with Gasteiger partial charge in [0.25, 0.3) is 5.56 Å². The Morgan fingerprint density at radius 1 is 1.26 bits per heavy atom. The maximum absolute atomic E-state index is 12.2. The predicted molar refractivity (Wildman–Crippen MR) is 77.5 cm³/mol. The van der Waals surface area contributed by atoms with Crippen LogP contribution in [0.15, 0.2) is 16.9 Å². The highest BCUT2D eigenvalue weighted by atomic mass is 16.1. The lowest BCUT2D eigenvalue weighted by atomic mass is 9.98. The molecule has 0 bridgehead atoms. The number of aryl methyl sites for hydroxylation is 1. The van der Waals surface area contributed by atoms with Crippen LogP contribution in [0.25, 0.3) is 0 Å². The van der Waals surface area contributed by atoms with Crippen LogP contribution in [0.4, 0.5) is 0 Å². The van der Waals surface area contributed by atoms with E-state index in [1.165, 1.54) is 43.4 Å². The number of hydrogen-bond acceptors (Lipinski definition) is 2. The summed E-state index contributed by atoms with van der Waals surface area (Å²) in [6.45, 7) is 0.850. The first-order valence-corrected chi connectivity index (χ1v) is 7.68. The second-order valence-electron chi connectivity index (χ2n) is 6.05. The fraction of sp³-hybridized carbons (Fsp3) is 0.688. The number of likely N-dealkylation sites (N-methyl/N-ethyl adjacent to an activating group) is 1. The molecule has 2 aliphatic rings. The molecular weight excluding hydrogens is 236 g/mol. The summed E-state index contributed by atoms with van der Waals surface area (Å²) >= 11 is 0. The molecule has 1 heterocycles. The van der Waals surface area contributed by atoms with Gasteiger partial charge in [-0.1, -0.05) is 18.9 Å². The average molecular weight is 260 g/mol. The van der Waals surface area contributed by atoms with Gasteiger partial charge in [-0.05, 0) is 50.6 Å². The summed E-state index contributed by atoms with van der Waals surface area (Å²) in [5, 5.41) is 3.45. The molecule has 1 unspecified atom stereocenters. The molecule has 1 atom stereocenters. The lowest BCUT2D eigenvalue weighted by Crippen LogP contribution is -2.40. The summed E-state index contributed by atoms with van der Waals surface area (Å²) < 4.78 is 2.04. The van der Waals surface area contributed by atoms with Crippen LogP contribution in [-0.2, 0) is 19.4 Å². The zero-order chi connectivity index (χ0) is 13.2. The van der Waals surface area contributed by atoms with Crippen LogP contribution in [0.2, 0.25) is 0 Å². The third-order valence-electron chi connectivity index (χ3n) is 4.97. The zero-order valence-electron chi connectivity index (χ0n) is 11.8. The Balaban J connectivity index is 1.86. The first-order valence-electron chi connectivity index (χ1n) is 7.68. The monoisotopic (exact) mass is 260 g/mol. The van der Waals surface area contributed by atoms with E-state index in [1.54, 1.807) is 6.07 Å². The number of hydrogen-bond donors (Lipinski definition) is 1. The van der Waals surface area contributed by atoms with Crippen molar-refractivity contribution in [2.75, 3.05) is 7.05 Å². The topological polar surface area (TPSA) is 34.0 Å². The molecule has 1 fully saturated rings. The molecule has 0 radical (unpaired) electrons. The summed E-state index contributed by atoms with van der Waals surface area (Å²) in [7, 11) is 2.04. The second kappa shape index (κ2) is 5.49. The molecule has 3 heteroatoms. The molecule has 0 amide bonds. The van der Waals surface area contributed by atoms with Gasteiger partial charge in [-0.2, -0.15) is 0 Å².